The fraction of sp³-hybridized carbons (Fsp3) is 0.833. The molecule has 0 aromatic carbocycles. The Morgan fingerprint density at radius 3 is 2.12 bits per heavy atom. The van der Waals surface area contributed by atoms with Crippen molar-refractivity contribution in [1.82, 2.24) is 5.32 Å². The highest BCUT2D eigenvalue weighted by Gasteiger charge is 2.32. The van der Waals surface area contributed by atoms with Gasteiger partial charge in [0.2, 0.25) is 5.91 Å². The van der Waals surface area contributed by atoms with Gasteiger partial charge in [0.25, 0.3) is 0 Å². The van der Waals surface area contributed by atoms with E-state index < -0.39 is 24.0 Å². The average molecular weight is 244 g/mol. The topological polar surface area (TPSA) is 92.4 Å². The number of nitrogens with two attached hydrogens (primary N) is 1. The molecular formula is C12H24N2O3. The Morgan fingerprint density at radius 2 is 1.82 bits per heavy atom. The van der Waals surface area contributed by atoms with Crippen LogP contribution in [0.5, 0.6) is 0 Å². The van der Waals surface area contributed by atoms with Crippen LogP contribution in [-0.2, 0) is 9.59 Å². The van der Waals surface area contributed by atoms with E-state index in [1.807, 2.05) is 27.7 Å². The molecule has 0 rings (SSSR count). The monoisotopic (exact) mass is 244 g/mol. The van der Waals surface area contributed by atoms with Crippen LogP contribution < -0.4 is 11.1 Å². The Balaban J connectivity index is 4.68. The summed E-state index contributed by atoms with van der Waals surface area (Å²) < 4.78 is 0. The van der Waals surface area contributed by atoms with Crippen molar-refractivity contribution in [3.63, 3.8) is 0 Å². The van der Waals surface area contributed by atoms with Gasteiger partial charge in [0, 0.05) is 0 Å². The Hall–Kier alpha value is -1.10. The van der Waals surface area contributed by atoms with Crippen LogP contribution in [0.15, 0.2) is 0 Å². The number of carbonyl (C=O) groups is 2. The number of amides is 1. The predicted octanol–water partition coefficient (Wildman–Crippen LogP) is 0.975. The lowest BCUT2D eigenvalue weighted by Crippen LogP contribution is -2.54. The lowest BCUT2D eigenvalue weighted by molar-refractivity contribution is -0.143. The summed E-state index contributed by atoms with van der Waals surface area (Å²) in [6, 6.07) is -1.59. The molecular weight excluding hydrogens is 220 g/mol. The molecule has 0 aliphatic heterocycles. The molecule has 0 saturated carbocycles. The van der Waals surface area contributed by atoms with Gasteiger partial charge in [-0.15, -0.1) is 0 Å². The third kappa shape index (κ3) is 4.73. The molecule has 0 bridgehead atoms. The Labute approximate surface area is 103 Å². The van der Waals surface area contributed by atoms with Crippen molar-refractivity contribution in [3.8, 4) is 0 Å². The molecule has 0 radical (unpaired) electrons. The number of hydrogen-bond donors (Lipinski definition) is 3. The molecule has 3 atom stereocenters. The van der Waals surface area contributed by atoms with Crippen LogP contribution in [0.25, 0.3) is 0 Å². The van der Waals surface area contributed by atoms with Crippen LogP contribution in [0.2, 0.25) is 0 Å². The van der Waals surface area contributed by atoms with Crippen molar-refractivity contribution < 1.29 is 14.7 Å². The van der Waals surface area contributed by atoms with Gasteiger partial charge in [-0.3, -0.25) is 4.79 Å². The Bertz CT molecular complexity index is 284. The van der Waals surface area contributed by atoms with E-state index in [1.54, 1.807) is 6.92 Å². The number of carboxylic acids is 1. The molecule has 0 saturated heterocycles. The number of rotatable bonds is 5. The second-order valence-electron chi connectivity index (χ2n) is 5.55. The summed E-state index contributed by atoms with van der Waals surface area (Å²) >= 11 is 0. The summed E-state index contributed by atoms with van der Waals surface area (Å²) in [5.74, 6) is -1.55. The molecule has 1 amide bonds. The summed E-state index contributed by atoms with van der Waals surface area (Å²) in [6.45, 7) is 9.21. The Morgan fingerprint density at radius 1 is 1.35 bits per heavy atom. The largest absolute Gasteiger partial charge is 0.480 e. The second kappa shape index (κ2) is 6.00. The molecule has 0 aromatic heterocycles. The highest BCUT2D eigenvalue weighted by atomic mass is 16.4. The van der Waals surface area contributed by atoms with Crippen molar-refractivity contribution in [1.29, 1.82) is 0 Å². The minimum Gasteiger partial charge on any atom is -0.480 e. The highest BCUT2D eigenvalue weighted by molar-refractivity contribution is 5.87. The third-order valence-electron chi connectivity index (χ3n) is 2.99. The first-order valence-electron chi connectivity index (χ1n) is 5.90. The van der Waals surface area contributed by atoms with Crippen molar-refractivity contribution in [2.75, 3.05) is 0 Å². The van der Waals surface area contributed by atoms with E-state index in [9.17, 15) is 9.59 Å². The van der Waals surface area contributed by atoms with E-state index in [1.165, 1.54) is 0 Å². The maximum Gasteiger partial charge on any atom is 0.326 e. The van der Waals surface area contributed by atoms with Gasteiger partial charge < -0.3 is 16.2 Å². The van der Waals surface area contributed by atoms with Crippen molar-refractivity contribution in [3.05, 3.63) is 0 Å². The SMILES string of the molecule is CCC(C)C(NC(=O)[C@H](N)C(C)(C)C)C(=O)O. The molecule has 0 fully saturated rings. The molecule has 2 unspecified atom stereocenters. The average Bonchev–Trinajstić information content (AvgIpc) is 2.21. The van der Waals surface area contributed by atoms with Crippen LogP contribution in [0.4, 0.5) is 0 Å². The standard InChI is InChI=1S/C12H24N2O3/c1-6-7(2)8(11(16)17)14-10(15)9(13)12(3,4)5/h7-9H,6,13H2,1-5H3,(H,14,15)(H,16,17)/t7?,8?,9-/m0/s1. The summed E-state index contributed by atoms with van der Waals surface area (Å²) in [5.41, 5.74) is 5.39. The Kier molecular flexibility index (Phi) is 5.61. The molecule has 0 aromatic rings. The lowest BCUT2D eigenvalue weighted by Gasteiger charge is -2.28. The lowest BCUT2D eigenvalue weighted by atomic mass is 9.86. The van der Waals surface area contributed by atoms with E-state index in [0.717, 1.165) is 0 Å². The van der Waals surface area contributed by atoms with Gasteiger partial charge in [-0.1, -0.05) is 41.0 Å². The first-order chi connectivity index (χ1) is 7.61. The van der Waals surface area contributed by atoms with Crippen LogP contribution in [0, 0.1) is 11.3 Å². The zero-order valence-electron chi connectivity index (χ0n) is 11.3. The minimum absolute atomic E-state index is 0.122. The summed E-state index contributed by atoms with van der Waals surface area (Å²) in [5, 5.41) is 11.6. The highest BCUT2D eigenvalue weighted by Crippen LogP contribution is 2.18. The van der Waals surface area contributed by atoms with E-state index >= 15 is 0 Å². The number of aliphatic carboxylic acids is 1. The molecule has 4 N–H and O–H groups in total. The van der Waals surface area contributed by atoms with Gasteiger partial charge in [0.1, 0.15) is 6.04 Å². The predicted molar refractivity (Wildman–Crippen MR) is 66.5 cm³/mol. The maximum atomic E-state index is 11.8. The fourth-order valence-corrected chi connectivity index (χ4v) is 1.32. The number of carbonyl (C=O) groups excluding carboxylic acids is 1. The first-order valence-corrected chi connectivity index (χ1v) is 5.90. The summed E-state index contributed by atoms with van der Waals surface area (Å²) in [4.78, 5) is 22.9. The van der Waals surface area contributed by atoms with Crippen LogP contribution in [-0.4, -0.2) is 29.1 Å². The van der Waals surface area contributed by atoms with Gasteiger partial charge in [-0.2, -0.15) is 0 Å². The van der Waals surface area contributed by atoms with E-state index in [4.69, 9.17) is 10.8 Å². The van der Waals surface area contributed by atoms with Crippen LogP contribution in [0.3, 0.4) is 0 Å². The molecule has 100 valence electrons. The number of carboxylic acid groups (broad SMARTS) is 1. The van der Waals surface area contributed by atoms with Crippen molar-refractivity contribution >= 4 is 11.9 Å². The molecule has 5 nitrogen and oxygen atoms in total. The van der Waals surface area contributed by atoms with E-state index in [2.05, 4.69) is 5.32 Å². The van der Waals surface area contributed by atoms with Crippen molar-refractivity contribution in [2.24, 2.45) is 17.1 Å². The smallest absolute Gasteiger partial charge is 0.326 e. The zero-order valence-corrected chi connectivity index (χ0v) is 11.3. The molecule has 17 heavy (non-hydrogen) atoms. The molecule has 0 spiro atoms. The summed E-state index contributed by atoms with van der Waals surface area (Å²) in [6.07, 6.45) is 0.683. The number of nitrogens with one attached hydrogen (secondary N) is 1. The van der Waals surface area contributed by atoms with Crippen LogP contribution >= 0.6 is 0 Å². The normalized spacial score (nSPS) is 17.1. The first kappa shape index (κ1) is 15.9. The summed E-state index contributed by atoms with van der Waals surface area (Å²) in [7, 11) is 0. The number of hydrogen-bond acceptors (Lipinski definition) is 3. The van der Waals surface area contributed by atoms with E-state index in [0.29, 0.717) is 6.42 Å². The van der Waals surface area contributed by atoms with Gasteiger partial charge in [0.15, 0.2) is 0 Å². The fourth-order valence-electron chi connectivity index (χ4n) is 1.32. The quantitative estimate of drug-likeness (QED) is 0.672. The van der Waals surface area contributed by atoms with Crippen molar-refractivity contribution in [2.45, 2.75) is 53.1 Å². The van der Waals surface area contributed by atoms with E-state index in [-0.39, 0.29) is 11.3 Å². The third-order valence-corrected chi connectivity index (χ3v) is 2.99. The maximum absolute atomic E-state index is 11.8. The van der Waals surface area contributed by atoms with Gasteiger partial charge in [-0.05, 0) is 11.3 Å². The molecule has 5 heteroatoms. The van der Waals surface area contributed by atoms with Crippen LogP contribution in [0.1, 0.15) is 41.0 Å². The van der Waals surface area contributed by atoms with Gasteiger partial charge >= 0.3 is 5.97 Å². The second-order valence-corrected chi connectivity index (χ2v) is 5.55. The molecule has 0 heterocycles. The minimum atomic E-state index is -1.02. The van der Waals surface area contributed by atoms with Gasteiger partial charge in [0.05, 0.1) is 6.04 Å². The van der Waals surface area contributed by atoms with Gasteiger partial charge in [-0.25, -0.2) is 4.79 Å². The zero-order chi connectivity index (χ0) is 13.8. The molecule has 0 aliphatic carbocycles. The molecule has 0 aliphatic rings.